The SMILES string of the molecule is COC(=O)c1c(F)c(Cl)n2c(-c3ccc(NC(=O)c4cc(F)c(F)cc4F)cc3)c(C)c(F)c2c1F. The topological polar surface area (TPSA) is 59.8 Å². The lowest BCUT2D eigenvalue weighted by Gasteiger charge is -2.12. The second kappa shape index (κ2) is 9.23. The first kappa shape index (κ1) is 25.1. The molecule has 0 aliphatic rings. The molecule has 5 nitrogen and oxygen atoms in total. The number of methoxy groups -OCH3 is 1. The Kier molecular flexibility index (Phi) is 6.44. The van der Waals surface area contributed by atoms with Crippen molar-refractivity contribution in [3.63, 3.8) is 0 Å². The molecule has 0 fully saturated rings. The smallest absolute Gasteiger partial charge is 0.344 e. The Balaban J connectivity index is 1.76. The number of benzene rings is 2. The van der Waals surface area contributed by atoms with Crippen molar-refractivity contribution in [2.75, 3.05) is 12.4 Å². The summed E-state index contributed by atoms with van der Waals surface area (Å²) in [6.45, 7) is 1.28. The Morgan fingerprint density at radius 3 is 2.11 bits per heavy atom. The summed E-state index contributed by atoms with van der Waals surface area (Å²) in [4.78, 5) is 24.1. The van der Waals surface area contributed by atoms with Gasteiger partial charge in [0.1, 0.15) is 16.9 Å². The van der Waals surface area contributed by atoms with Crippen molar-refractivity contribution in [2.24, 2.45) is 0 Å². The molecule has 0 atom stereocenters. The average Bonchev–Trinajstić information content (AvgIpc) is 3.11. The van der Waals surface area contributed by atoms with Crippen LogP contribution in [0.4, 0.5) is 32.0 Å². The van der Waals surface area contributed by atoms with Crippen LogP contribution < -0.4 is 5.32 Å². The van der Waals surface area contributed by atoms with Gasteiger partial charge < -0.3 is 10.1 Å². The van der Waals surface area contributed by atoms with E-state index in [1.165, 1.54) is 31.2 Å². The summed E-state index contributed by atoms with van der Waals surface area (Å²) in [5.41, 5.74) is -2.56. The maximum atomic E-state index is 15.0. The molecule has 2 aromatic carbocycles. The van der Waals surface area contributed by atoms with Crippen molar-refractivity contribution in [3.05, 3.63) is 93.1 Å². The Morgan fingerprint density at radius 1 is 0.889 bits per heavy atom. The van der Waals surface area contributed by atoms with E-state index in [0.29, 0.717) is 6.07 Å². The standard InChI is InChI=1S/C24H13ClF6N2O3/c1-9-17(29)21-18(30)16(24(35)36-2)19(31)22(25)33(21)20(9)10-3-5-11(6-4-10)32-23(34)12-7-14(27)15(28)8-13(12)26/h3-8H,1-2H3,(H,32,34). The fourth-order valence-corrected chi connectivity index (χ4v) is 3.96. The van der Waals surface area contributed by atoms with Crippen LogP contribution in [0.15, 0.2) is 36.4 Å². The summed E-state index contributed by atoms with van der Waals surface area (Å²) >= 11 is 6.05. The average molecular weight is 527 g/mol. The largest absolute Gasteiger partial charge is 0.465 e. The Bertz CT molecular complexity index is 1570. The number of anilines is 1. The van der Waals surface area contributed by atoms with Gasteiger partial charge in [-0.15, -0.1) is 0 Å². The second-order valence-corrected chi connectivity index (χ2v) is 7.89. The van der Waals surface area contributed by atoms with E-state index in [1.807, 2.05) is 0 Å². The van der Waals surface area contributed by atoms with E-state index in [9.17, 15) is 31.5 Å². The number of fused-ring (bicyclic) bond motifs is 1. The molecule has 2 heterocycles. The number of carbonyl (C=O) groups excluding carboxylic acids is 2. The lowest BCUT2D eigenvalue weighted by molar-refractivity contribution is 0.0589. The number of nitrogens with zero attached hydrogens (tertiary/aromatic N) is 1. The number of amides is 1. The van der Waals surface area contributed by atoms with Gasteiger partial charge >= 0.3 is 5.97 Å². The van der Waals surface area contributed by atoms with E-state index < -0.39 is 68.6 Å². The molecular formula is C24H13ClF6N2O3. The number of nitrogens with one attached hydrogen (secondary N) is 1. The van der Waals surface area contributed by atoms with E-state index in [2.05, 4.69) is 10.1 Å². The van der Waals surface area contributed by atoms with Gasteiger partial charge in [-0.3, -0.25) is 9.20 Å². The number of aromatic nitrogens is 1. The number of ether oxygens (including phenoxy) is 1. The van der Waals surface area contributed by atoms with Crippen LogP contribution in [0.3, 0.4) is 0 Å². The monoisotopic (exact) mass is 526 g/mol. The first-order chi connectivity index (χ1) is 17.0. The maximum Gasteiger partial charge on any atom is 0.344 e. The summed E-state index contributed by atoms with van der Waals surface area (Å²) < 4.78 is 90.3. The molecule has 186 valence electrons. The highest BCUT2D eigenvalue weighted by molar-refractivity contribution is 6.30. The number of carbonyl (C=O) groups is 2. The third-order valence-corrected chi connectivity index (χ3v) is 5.76. The lowest BCUT2D eigenvalue weighted by Crippen LogP contribution is -2.14. The maximum absolute atomic E-state index is 15.0. The zero-order valence-corrected chi connectivity index (χ0v) is 19.0. The molecule has 12 heteroatoms. The molecule has 4 rings (SSSR count). The van der Waals surface area contributed by atoms with Crippen LogP contribution in [0.5, 0.6) is 0 Å². The van der Waals surface area contributed by atoms with Crippen molar-refractivity contribution < 1.29 is 40.7 Å². The highest BCUT2D eigenvalue weighted by Crippen LogP contribution is 2.37. The van der Waals surface area contributed by atoms with Gasteiger partial charge in [0.25, 0.3) is 5.91 Å². The first-order valence-corrected chi connectivity index (χ1v) is 10.4. The molecule has 0 saturated heterocycles. The third kappa shape index (κ3) is 3.95. The number of hydrogen-bond acceptors (Lipinski definition) is 3. The van der Waals surface area contributed by atoms with Crippen LogP contribution in [0.25, 0.3) is 16.8 Å². The molecular weight excluding hydrogens is 514 g/mol. The number of rotatable bonds is 4. The number of esters is 1. The Labute approximate surface area is 203 Å². The molecule has 0 aliphatic heterocycles. The van der Waals surface area contributed by atoms with Crippen molar-refractivity contribution in [1.29, 1.82) is 0 Å². The van der Waals surface area contributed by atoms with Gasteiger partial charge in [-0.2, -0.15) is 0 Å². The van der Waals surface area contributed by atoms with E-state index in [1.54, 1.807) is 0 Å². The normalized spacial score (nSPS) is 11.1. The van der Waals surface area contributed by atoms with E-state index in [4.69, 9.17) is 11.6 Å². The van der Waals surface area contributed by atoms with Crippen LogP contribution in [0.1, 0.15) is 26.3 Å². The molecule has 1 amide bonds. The summed E-state index contributed by atoms with van der Waals surface area (Å²) in [6.07, 6.45) is 0. The minimum atomic E-state index is -1.51. The number of pyridine rings is 1. The molecule has 0 spiro atoms. The van der Waals surface area contributed by atoms with Gasteiger partial charge in [-0.05, 0) is 30.7 Å². The van der Waals surface area contributed by atoms with E-state index in [0.717, 1.165) is 11.5 Å². The van der Waals surface area contributed by atoms with Crippen LogP contribution in [-0.4, -0.2) is 23.4 Å². The lowest BCUT2D eigenvalue weighted by atomic mass is 10.1. The van der Waals surface area contributed by atoms with Gasteiger partial charge in [-0.25, -0.2) is 31.1 Å². The first-order valence-electron chi connectivity index (χ1n) is 9.99. The quantitative estimate of drug-likeness (QED) is 0.144. The van der Waals surface area contributed by atoms with Gasteiger partial charge in [0.05, 0.1) is 18.4 Å². The van der Waals surface area contributed by atoms with Crippen LogP contribution in [0.2, 0.25) is 5.15 Å². The Hall–Kier alpha value is -3.99. The van der Waals surface area contributed by atoms with Crippen LogP contribution in [-0.2, 0) is 4.74 Å². The zero-order valence-electron chi connectivity index (χ0n) is 18.3. The molecule has 0 aliphatic carbocycles. The van der Waals surface area contributed by atoms with Crippen molar-refractivity contribution in [1.82, 2.24) is 4.40 Å². The summed E-state index contributed by atoms with van der Waals surface area (Å²) in [5, 5.41) is 1.51. The van der Waals surface area contributed by atoms with Gasteiger partial charge in [0.15, 0.2) is 34.2 Å². The Morgan fingerprint density at radius 2 is 1.50 bits per heavy atom. The highest BCUT2D eigenvalue weighted by Gasteiger charge is 2.31. The van der Waals surface area contributed by atoms with E-state index >= 15 is 4.39 Å². The molecule has 4 aromatic rings. The summed E-state index contributed by atoms with van der Waals surface area (Å²) in [7, 11) is 0.895. The van der Waals surface area contributed by atoms with Crippen LogP contribution >= 0.6 is 11.6 Å². The minimum Gasteiger partial charge on any atom is -0.465 e. The summed E-state index contributed by atoms with van der Waals surface area (Å²) in [6, 6.07) is 5.91. The molecule has 1 N–H and O–H groups in total. The van der Waals surface area contributed by atoms with Crippen LogP contribution in [0, 0.1) is 41.8 Å². The summed E-state index contributed by atoms with van der Waals surface area (Å²) in [5.74, 6) is -10.7. The highest BCUT2D eigenvalue weighted by atomic mass is 35.5. The van der Waals surface area contributed by atoms with Crippen molar-refractivity contribution in [2.45, 2.75) is 6.92 Å². The minimum absolute atomic E-state index is 0.0498. The fourth-order valence-electron chi connectivity index (χ4n) is 3.70. The van der Waals surface area contributed by atoms with Crippen molar-refractivity contribution >= 4 is 34.7 Å². The molecule has 2 aromatic heterocycles. The molecule has 36 heavy (non-hydrogen) atoms. The van der Waals surface area contributed by atoms with Crippen molar-refractivity contribution in [3.8, 4) is 11.3 Å². The van der Waals surface area contributed by atoms with Gasteiger partial charge in [-0.1, -0.05) is 23.7 Å². The van der Waals surface area contributed by atoms with Gasteiger partial charge in [0, 0.05) is 17.3 Å². The molecule has 0 unspecified atom stereocenters. The molecule has 0 saturated carbocycles. The van der Waals surface area contributed by atoms with Gasteiger partial charge in [0.2, 0.25) is 0 Å². The predicted octanol–water partition coefficient (Wildman–Crippen LogP) is 6.44. The molecule has 0 radical (unpaired) electrons. The number of halogens is 7. The number of hydrogen-bond donors (Lipinski definition) is 1. The second-order valence-electron chi connectivity index (χ2n) is 7.53. The molecule has 0 bridgehead atoms. The fraction of sp³-hybridized carbons (Fsp3) is 0.0833. The van der Waals surface area contributed by atoms with E-state index in [-0.39, 0.29) is 28.6 Å². The third-order valence-electron chi connectivity index (χ3n) is 5.42. The predicted molar refractivity (Wildman–Crippen MR) is 118 cm³/mol. The zero-order chi connectivity index (χ0) is 26.5.